The minimum absolute atomic E-state index is 0.207. The summed E-state index contributed by atoms with van der Waals surface area (Å²) in [5.74, 6) is -1.23. The Kier molecular flexibility index (Phi) is 5.18. The Balaban J connectivity index is 2.70. The lowest BCUT2D eigenvalue weighted by Crippen LogP contribution is -2.23. The van der Waals surface area contributed by atoms with Crippen molar-refractivity contribution < 1.29 is 24.1 Å². The molecule has 0 saturated carbocycles. The van der Waals surface area contributed by atoms with Crippen LogP contribution in [0.3, 0.4) is 0 Å². The van der Waals surface area contributed by atoms with Gasteiger partial charge in [-0.3, -0.25) is 4.79 Å². The first-order chi connectivity index (χ1) is 8.45. The number of esters is 1. The highest BCUT2D eigenvalue weighted by Crippen LogP contribution is 2.20. The predicted molar refractivity (Wildman–Crippen MR) is 61.1 cm³/mol. The van der Waals surface area contributed by atoms with Crippen LogP contribution in [0.1, 0.15) is 30.6 Å². The van der Waals surface area contributed by atoms with E-state index in [2.05, 4.69) is 9.72 Å². The van der Waals surface area contributed by atoms with E-state index in [4.69, 9.17) is 0 Å². The van der Waals surface area contributed by atoms with Gasteiger partial charge in [0.2, 0.25) is 5.95 Å². The number of rotatable bonds is 5. The molecule has 2 atom stereocenters. The number of halogens is 1. The molecule has 6 heteroatoms. The minimum atomic E-state index is -1.31. The Morgan fingerprint density at radius 3 is 2.78 bits per heavy atom. The standard InChI is InChI=1S/C12H16FNO4/c1-3-18-10(16)5-9(15)11(17)8-4-7(2)12(13)14-6-8/h4,6,9,11,15,17H,3,5H2,1-2H3. The van der Waals surface area contributed by atoms with Gasteiger partial charge in [0, 0.05) is 17.3 Å². The molecule has 1 aromatic rings. The van der Waals surface area contributed by atoms with Crippen molar-refractivity contribution in [3.8, 4) is 0 Å². The number of aryl methyl sites for hydroxylation is 1. The maximum Gasteiger partial charge on any atom is 0.308 e. The highest BCUT2D eigenvalue weighted by molar-refractivity contribution is 5.70. The van der Waals surface area contributed by atoms with Crippen LogP contribution in [0.25, 0.3) is 0 Å². The van der Waals surface area contributed by atoms with Crippen LogP contribution in [0.2, 0.25) is 0 Å². The number of aliphatic hydroxyl groups is 2. The number of hydrogen-bond acceptors (Lipinski definition) is 5. The van der Waals surface area contributed by atoms with Crippen molar-refractivity contribution in [3.05, 3.63) is 29.3 Å². The molecular weight excluding hydrogens is 241 g/mol. The minimum Gasteiger partial charge on any atom is -0.466 e. The Bertz CT molecular complexity index is 425. The van der Waals surface area contributed by atoms with E-state index in [1.54, 1.807) is 6.92 Å². The summed E-state index contributed by atoms with van der Waals surface area (Å²) in [6, 6.07) is 1.38. The van der Waals surface area contributed by atoms with Crippen molar-refractivity contribution >= 4 is 5.97 Å². The number of ether oxygens (including phenoxy) is 1. The van der Waals surface area contributed by atoms with Gasteiger partial charge in [-0.1, -0.05) is 0 Å². The average Bonchev–Trinajstić information content (AvgIpc) is 2.32. The van der Waals surface area contributed by atoms with Crippen LogP contribution in [-0.4, -0.2) is 33.9 Å². The molecule has 1 heterocycles. The third-order valence-corrected chi connectivity index (χ3v) is 2.42. The Morgan fingerprint density at radius 2 is 2.22 bits per heavy atom. The first-order valence-corrected chi connectivity index (χ1v) is 5.59. The molecule has 0 aliphatic heterocycles. The molecule has 18 heavy (non-hydrogen) atoms. The molecule has 2 unspecified atom stereocenters. The summed E-state index contributed by atoms with van der Waals surface area (Å²) in [6.07, 6.45) is -1.82. The first kappa shape index (κ1) is 14.5. The van der Waals surface area contributed by atoms with Gasteiger partial charge >= 0.3 is 5.97 Å². The summed E-state index contributed by atoms with van der Waals surface area (Å²) in [7, 11) is 0. The van der Waals surface area contributed by atoms with Crippen LogP contribution < -0.4 is 0 Å². The maximum absolute atomic E-state index is 12.9. The SMILES string of the molecule is CCOC(=O)CC(O)C(O)c1cnc(F)c(C)c1. The molecule has 0 spiro atoms. The van der Waals surface area contributed by atoms with E-state index in [-0.39, 0.29) is 24.2 Å². The van der Waals surface area contributed by atoms with Gasteiger partial charge in [0.25, 0.3) is 0 Å². The van der Waals surface area contributed by atoms with Gasteiger partial charge in [-0.25, -0.2) is 4.98 Å². The van der Waals surface area contributed by atoms with Crippen LogP contribution in [-0.2, 0) is 9.53 Å². The van der Waals surface area contributed by atoms with Crippen molar-refractivity contribution in [1.82, 2.24) is 4.98 Å². The summed E-state index contributed by atoms with van der Waals surface area (Å²) in [6.45, 7) is 3.35. The molecular formula is C12H16FNO4. The van der Waals surface area contributed by atoms with Crippen LogP contribution in [0, 0.1) is 12.9 Å². The highest BCUT2D eigenvalue weighted by Gasteiger charge is 2.22. The molecule has 1 rings (SSSR count). The second kappa shape index (κ2) is 6.42. The van der Waals surface area contributed by atoms with E-state index in [1.807, 2.05) is 0 Å². The molecule has 0 fully saturated rings. The van der Waals surface area contributed by atoms with E-state index in [9.17, 15) is 19.4 Å². The van der Waals surface area contributed by atoms with Gasteiger partial charge in [-0.15, -0.1) is 0 Å². The number of carbonyl (C=O) groups is 1. The number of aliphatic hydroxyl groups excluding tert-OH is 2. The fourth-order valence-corrected chi connectivity index (χ4v) is 1.47. The van der Waals surface area contributed by atoms with Crippen LogP contribution in [0.15, 0.2) is 12.3 Å². The smallest absolute Gasteiger partial charge is 0.308 e. The van der Waals surface area contributed by atoms with E-state index in [0.717, 1.165) is 6.20 Å². The normalized spacial score (nSPS) is 14.1. The molecule has 100 valence electrons. The number of hydrogen-bond donors (Lipinski definition) is 2. The second-order valence-corrected chi connectivity index (χ2v) is 3.90. The number of pyridine rings is 1. The van der Waals surface area contributed by atoms with Gasteiger partial charge < -0.3 is 14.9 Å². The summed E-state index contributed by atoms with van der Waals surface area (Å²) >= 11 is 0. The molecule has 0 aromatic carbocycles. The van der Waals surface area contributed by atoms with Crippen LogP contribution >= 0.6 is 0 Å². The molecule has 0 saturated heterocycles. The number of aromatic nitrogens is 1. The lowest BCUT2D eigenvalue weighted by atomic mass is 10.0. The summed E-state index contributed by atoms with van der Waals surface area (Å²) in [5.41, 5.74) is 0.514. The van der Waals surface area contributed by atoms with Gasteiger partial charge in [0.15, 0.2) is 0 Å². The fourth-order valence-electron chi connectivity index (χ4n) is 1.47. The predicted octanol–water partition coefficient (Wildman–Crippen LogP) is 0.877. The van der Waals surface area contributed by atoms with E-state index >= 15 is 0 Å². The zero-order valence-corrected chi connectivity index (χ0v) is 10.3. The van der Waals surface area contributed by atoms with Crippen LogP contribution in [0.4, 0.5) is 4.39 Å². The van der Waals surface area contributed by atoms with Gasteiger partial charge in [-0.2, -0.15) is 4.39 Å². The topological polar surface area (TPSA) is 79.7 Å². The molecule has 2 N–H and O–H groups in total. The Morgan fingerprint density at radius 1 is 1.56 bits per heavy atom. The van der Waals surface area contributed by atoms with E-state index in [1.165, 1.54) is 13.0 Å². The van der Waals surface area contributed by atoms with Crippen molar-refractivity contribution in [3.63, 3.8) is 0 Å². The van der Waals surface area contributed by atoms with Crippen LogP contribution in [0.5, 0.6) is 0 Å². The zero-order chi connectivity index (χ0) is 13.7. The number of nitrogens with zero attached hydrogens (tertiary/aromatic N) is 1. The van der Waals surface area contributed by atoms with Crippen molar-refractivity contribution in [2.24, 2.45) is 0 Å². The van der Waals surface area contributed by atoms with Crippen molar-refractivity contribution in [2.45, 2.75) is 32.5 Å². The summed E-state index contributed by atoms with van der Waals surface area (Å²) in [5, 5.41) is 19.5. The lowest BCUT2D eigenvalue weighted by molar-refractivity contribution is -0.147. The molecule has 1 aromatic heterocycles. The Hall–Kier alpha value is -1.53. The van der Waals surface area contributed by atoms with Gasteiger partial charge in [0.1, 0.15) is 6.10 Å². The van der Waals surface area contributed by atoms with Gasteiger partial charge in [-0.05, 0) is 19.9 Å². The molecule has 0 aliphatic rings. The Labute approximate surface area is 104 Å². The first-order valence-electron chi connectivity index (χ1n) is 5.59. The van der Waals surface area contributed by atoms with E-state index in [0.29, 0.717) is 0 Å². The maximum atomic E-state index is 12.9. The largest absolute Gasteiger partial charge is 0.466 e. The third kappa shape index (κ3) is 3.75. The quantitative estimate of drug-likeness (QED) is 0.604. The van der Waals surface area contributed by atoms with Crippen molar-refractivity contribution in [1.29, 1.82) is 0 Å². The van der Waals surface area contributed by atoms with Crippen molar-refractivity contribution in [2.75, 3.05) is 6.61 Å². The zero-order valence-electron chi connectivity index (χ0n) is 10.3. The summed E-state index contributed by atoms with van der Waals surface area (Å²) < 4.78 is 17.6. The molecule has 5 nitrogen and oxygen atoms in total. The summed E-state index contributed by atoms with van der Waals surface area (Å²) in [4.78, 5) is 14.6. The molecule has 0 bridgehead atoms. The average molecular weight is 257 g/mol. The van der Waals surface area contributed by atoms with Gasteiger partial charge in [0.05, 0.1) is 19.1 Å². The molecule has 0 aliphatic carbocycles. The van der Waals surface area contributed by atoms with E-state index < -0.39 is 24.1 Å². The fraction of sp³-hybridized carbons (Fsp3) is 0.500. The third-order valence-electron chi connectivity index (χ3n) is 2.42. The number of carbonyl (C=O) groups excluding carboxylic acids is 1. The lowest BCUT2D eigenvalue weighted by Gasteiger charge is -2.17. The second-order valence-electron chi connectivity index (χ2n) is 3.90. The molecule has 0 amide bonds. The molecule has 0 radical (unpaired) electrons. The monoisotopic (exact) mass is 257 g/mol. The highest BCUT2D eigenvalue weighted by atomic mass is 19.1.